The minimum absolute atomic E-state index is 0.0334. The first-order chi connectivity index (χ1) is 18.5. The summed E-state index contributed by atoms with van der Waals surface area (Å²) >= 11 is 0. The molecule has 1 N–H and O–H groups in total. The maximum Gasteiger partial charge on any atom is 0.419 e. The Kier molecular flexibility index (Phi) is 7.49. The van der Waals surface area contributed by atoms with E-state index in [2.05, 4.69) is 5.32 Å². The van der Waals surface area contributed by atoms with Crippen LogP contribution in [0, 0.1) is 11.7 Å². The lowest BCUT2D eigenvalue weighted by Crippen LogP contribution is -2.51. The van der Waals surface area contributed by atoms with Gasteiger partial charge < -0.3 is 5.32 Å². The van der Waals surface area contributed by atoms with Gasteiger partial charge in [0.2, 0.25) is 15.9 Å². The lowest BCUT2D eigenvalue weighted by molar-refractivity contribution is -0.140. The summed E-state index contributed by atoms with van der Waals surface area (Å²) in [5, 5.41) is 3.15. The molecule has 2 heterocycles. The van der Waals surface area contributed by atoms with Crippen molar-refractivity contribution in [2.75, 3.05) is 26.2 Å². The van der Waals surface area contributed by atoms with Crippen LogP contribution in [-0.4, -0.2) is 55.8 Å². The molecule has 0 aromatic heterocycles. The number of piperazine rings is 1. The summed E-state index contributed by atoms with van der Waals surface area (Å²) in [7, 11) is -4.29. The van der Waals surface area contributed by atoms with Crippen LogP contribution in [0.4, 0.5) is 17.6 Å². The predicted octanol–water partition coefficient (Wildman–Crippen LogP) is 4.45. The molecule has 39 heavy (non-hydrogen) atoms. The van der Waals surface area contributed by atoms with Gasteiger partial charge in [0.15, 0.2) is 0 Å². The predicted molar refractivity (Wildman–Crippen MR) is 136 cm³/mol. The molecule has 0 unspecified atom stereocenters. The molecular formula is C28H27F4N3O3S. The van der Waals surface area contributed by atoms with Gasteiger partial charge in [-0.3, -0.25) is 9.69 Å². The average molecular weight is 562 g/mol. The molecule has 6 nitrogen and oxygen atoms in total. The molecule has 1 amide bonds. The van der Waals surface area contributed by atoms with Gasteiger partial charge in [-0.25, -0.2) is 12.8 Å². The van der Waals surface area contributed by atoms with Crippen LogP contribution in [0.2, 0.25) is 0 Å². The Morgan fingerprint density at radius 3 is 2.10 bits per heavy atom. The normalized spacial score (nSPS) is 20.6. The number of hydrogen-bond donors (Lipinski definition) is 1. The van der Waals surface area contributed by atoms with Crippen molar-refractivity contribution in [3.05, 3.63) is 101 Å². The Hall–Kier alpha value is -3.28. The van der Waals surface area contributed by atoms with E-state index in [1.807, 2.05) is 65.6 Å². The molecule has 0 aliphatic carbocycles. The van der Waals surface area contributed by atoms with Crippen LogP contribution < -0.4 is 5.32 Å². The number of carbonyl (C=O) groups excluding carboxylic acids is 1. The second-order valence-electron chi connectivity index (χ2n) is 9.85. The number of halogens is 4. The number of sulfonamides is 1. The third-order valence-corrected chi connectivity index (χ3v) is 9.24. The molecule has 0 bridgehead atoms. The molecule has 0 saturated carbocycles. The third-order valence-electron chi connectivity index (χ3n) is 7.38. The highest BCUT2D eigenvalue weighted by Crippen LogP contribution is 2.35. The molecule has 206 valence electrons. The van der Waals surface area contributed by atoms with Gasteiger partial charge in [-0.2, -0.15) is 17.5 Å². The second kappa shape index (κ2) is 10.7. The van der Waals surface area contributed by atoms with Gasteiger partial charge in [0.25, 0.3) is 0 Å². The van der Waals surface area contributed by atoms with Crippen molar-refractivity contribution in [1.29, 1.82) is 0 Å². The van der Waals surface area contributed by atoms with Crippen LogP contribution >= 0.6 is 0 Å². The van der Waals surface area contributed by atoms with Crippen molar-refractivity contribution in [2.24, 2.45) is 5.92 Å². The highest BCUT2D eigenvalue weighted by Gasteiger charge is 2.43. The van der Waals surface area contributed by atoms with E-state index in [9.17, 15) is 30.8 Å². The zero-order valence-electron chi connectivity index (χ0n) is 20.8. The molecule has 5 rings (SSSR count). The molecule has 2 aliphatic heterocycles. The zero-order chi connectivity index (χ0) is 27.8. The number of hydrogen-bond acceptors (Lipinski definition) is 4. The van der Waals surface area contributed by atoms with Gasteiger partial charge in [0.1, 0.15) is 5.82 Å². The molecule has 11 heteroatoms. The van der Waals surface area contributed by atoms with Crippen LogP contribution in [0.25, 0.3) is 0 Å². The Morgan fingerprint density at radius 1 is 0.897 bits per heavy atom. The average Bonchev–Trinajstić information content (AvgIpc) is 3.36. The first kappa shape index (κ1) is 27.3. The Balaban J connectivity index is 1.29. The Labute approximate surface area is 224 Å². The SMILES string of the molecule is O=C(NC(c1ccccc1)c1ccccc1)[C@H]1C[C@H]2CN(S(=O)(=O)c3ccc(F)c(C(F)(F)F)c3)CCN2C1. The summed E-state index contributed by atoms with van der Waals surface area (Å²) in [5.41, 5.74) is 0.247. The van der Waals surface area contributed by atoms with Gasteiger partial charge in [0, 0.05) is 32.2 Å². The van der Waals surface area contributed by atoms with Crippen molar-refractivity contribution in [1.82, 2.24) is 14.5 Å². The molecule has 2 atom stereocenters. The number of fused-ring (bicyclic) bond motifs is 1. The van der Waals surface area contributed by atoms with Gasteiger partial charge >= 0.3 is 6.18 Å². The van der Waals surface area contributed by atoms with E-state index in [1.165, 1.54) is 0 Å². The fraction of sp³-hybridized carbons (Fsp3) is 0.321. The van der Waals surface area contributed by atoms with E-state index < -0.39 is 32.5 Å². The summed E-state index contributed by atoms with van der Waals surface area (Å²) < 4.78 is 80.7. The third kappa shape index (κ3) is 5.70. The number of carbonyl (C=O) groups is 1. The van der Waals surface area contributed by atoms with Crippen LogP contribution in [0.1, 0.15) is 29.2 Å². The quantitative estimate of drug-likeness (QED) is 0.452. The first-order valence-corrected chi connectivity index (χ1v) is 14.0. The maximum atomic E-state index is 13.7. The van der Waals surface area contributed by atoms with Crippen LogP contribution in [0.15, 0.2) is 83.8 Å². The van der Waals surface area contributed by atoms with E-state index >= 15 is 0 Å². The molecule has 2 aliphatic rings. The maximum absolute atomic E-state index is 13.7. The summed E-state index contributed by atoms with van der Waals surface area (Å²) in [6, 6.07) is 20.3. The first-order valence-electron chi connectivity index (χ1n) is 12.6. The number of amides is 1. The fourth-order valence-electron chi connectivity index (χ4n) is 5.36. The van der Waals surface area contributed by atoms with Gasteiger partial charge in [0.05, 0.1) is 22.4 Å². The van der Waals surface area contributed by atoms with E-state index in [4.69, 9.17) is 0 Å². The minimum Gasteiger partial charge on any atom is -0.345 e. The van der Waals surface area contributed by atoms with E-state index in [0.717, 1.165) is 21.5 Å². The van der Waals surface area contributed by atoms with Crippen LogP contribution in [0.3, 0.4) is 0 Å². The number of rotatable bonds is 6. The van der Waals surface area contributed by atoms with Gasteiger partial charge in [-0.15, -0.1) is 0 Å². The number of nitrogens with zero attached hydrogens (tertiary/aromatic N) is 2. The summed E-state index contributed by atoms with van der Waals surface area (Å²) in [4.78, 5) is 14.8. The molecular weight excluding hydrogens is 534 g/mol. The Bertz CT molecular complexity index is 1400. The molecule has 0 radical (unpaired) electrons. The summed E-state index contributed by atoms with van der Waals surface area (Å²) in [5.74, 6) is -2.06. The number of alkyl halides is 3. The van der Waals surface area contributed by atoms with Crippen molar-refractivity contribution in [2.45, 2.75) is 29.6 Å². The number of nitrogens with one attached hydrogen (secondary N) is 1. The Morgan fingerprint density at radius 2 is 1.51 bits per heavy atom. The largest absolute Gasteiger partial charge is 0.419 e. The summed E-state index contributed by atoms with van der Waals surface area (Å²) in [6.07, 6.45) is -4.61. The molecule has 2 fully saturated rings. The summed E-state index contributed by atoms with van der Waals surface area (Å²) in [6.45, 7) is 0.880. The van der Waals surface area contributed by atoms with Gasteiger partial charge in [-0.1, -0.05) is 60.7 Å². The second-order valence-corrected chi connectivity index (χ2v) is 11.8. The van der Waals surface area contributed by atoms with E-state index in [-0.39, 0.29) is 37.0 Å². The van der Waals surface area contributed by atoms with Crippen molar-refractivity contribution in [3.8, 4) is 0 Å². The minimum atomic E-state index is -5.02. The standard InChI is InChI=1S/C28H27F4N3O3S/c29-25-12-11-23(16-24(25)28(30,31)32)39(37,38)35-14-13-34-17-21(15-22(34)18-35)27(36)33-26(19-7-3-1-4-8-19)20-9-5-2-6-10-20/h1-12,16,21-22,26H,13-15,17-18H2,(H,33,36)/t21-,22-/m0/s1. The highest BCUT2D eigenvalue weighted by atomic mass is 32.2. The monoisotopic (exact) mass is 561 g/mol. The lowest BCUT2D eigenvalue weighted by atomic mass is 9.97. The topological polar surface area (TPSA) is 69.7 Å². The van der Waals surface area contributed by atoms with E-state index in [1.54, 1.807) is 0 Å². The lowest BCUT2D eigenvalue weighted by Gasteiger charge is -2.36. The highest BCUT2D eigenvalue weighted by molar-refractivity contribution is 7.89. The smallest absolute Gasteiger partial charge is 0.345 e. The van der Waals surface area contributed by atoms with Gasteiger partial charge in [-0.05, 0) is 35.7 Å². The fourth-order valence-corrected chi connectivity index (χ4v) is 6.86. The van der Waals surface area contributed by atoms with Crippen LogP contribution in [-0.2, 0) is 21.0 Å². The van der Waals surface area contributed by atoms with Crippen LogP contribution in [0.5, 0.6) is 0 Å². The zero-order valence-corrected chi connectivity index (χ0v) is 21.6. The molecule has 2 saturated heterocycles. The van der Waals surface area contributed by atoms with Crippen molar-refractivity contribution < 1.29 is 30.8 Å². The molecule has 3 aromatic rings. The van der Waals surface area contributed by atoms with Crippen molar-refractivity contribution in [3.63, 3.8) is 0 Å². The molecule has 0 spiro atoms. The van der Waals surface area contributed by atoms with Crippen molar-refractivity contribution >= 4 is 15.9 Å². The number of benzene rings is 3. The molecule has 3 aromatic carbocycles. The van der Waals surface area contributed by atoms with E-state index in [0.29, 0.717) is 31.6 Å².